The maximum Gasteiger partial charge on any atom is 0.408 e. The van der Waals surface area contributed by atoms with Crippen LogP contribution in [-0.2, 0) is 18.3 Å². The average Bonchev–Trinajstić information content (AvgIpc) is 2.67. The van der Waals surface area contributed by atoms with E-state index in [1.165, 1.54) is 0 Å². The van der Waals surface area contributed by atoms with Crippen molar-refractivity contribution >= 4 is 12.0 Å². The molecule has 1 aromatic heterocycles. The number of nitrogens with one attached hydrogen (secondary N) is 2. The summed E-state index contributed by atoms with van der Waals surface area (Å²) in [5, 5.41) is 6.24. The number of alkyl carbamates (subject to hydrolysis) is 1. The molecule has 2 N–H and O–H groups in total. The number of carbonyl (C=O) groups excluding carboxylic acids is 1. The molecular weight excluding hydrogens is 294 g/mol. The minimum atomic E-state index is -0.495. The monoisotopic (exact) mass is 325 g/mol. The number of aromatic nitrogens is 2. The fraction of sp³-hybridized carbons (Fsp3) is 0.750. The van der Waals surface area contributed by atoms with Gasteiger partial charge in [-0.15, -0.1) is 0 Å². The van der Waals surface area contributed by atoms with Crippen LogP contribution in [-0.4, -0.2) is 47.4 Å². The molecule has 7 heteroatoms. The van der Waals surface area contributed by atoms with Gasteiger partial charge in [0, 0.05) is 34.2 Å². The smallest absolute Gasteiger partial charge is 0.408 e. The van der Waals surface area contributed by atoms with Crippen molar-refractivity contribution in [3.05, 3.63) is 11.9 Å². The molecule has 0 aromatic carbocycles. The number of hydrogen-bond acceptors (Lipinski definition) is 5. The lowest BCUT2D eigenvalue weighted by atomic mass is 10.1. The molecule has 0 atom stereocenters. The van der Waals surface area contributed by atoms with Gasteiger partial charge in [0.15, 0.2) is 0 Å². The molecule has 0 saturated heterocycles. The molecule has 23 heavy (non-hydrogen) atoms. The summed E-state index contributed by atoms with van der Waals surface area (Å²) in [5.74, 6) is 0.910. The van der Waals surface area contributed by atoms with Crippen LogP contribution in [0.25, 0.3) is 0 Å². The highest BCUT2D eigenvalue weighted by Crippen LogP contribution is 2.12. The minimum absolute atomic E-state index is 0.403. The molecule has 0 aliphatic rings. The fourth-order valence-corrected chi connectivity index (χ4v) is 2.14. The molecule has 0 spiro atoms. The molecule has 132 valence electrons. The van der Waals surface area contributed by atoms with E-state index in [1.807, 2.05) is 71.4 Å². The fourth-order valence-electron chi connectivity index (χ4n) is 2.14. The van der Waals surface area contributed by atoms with Crippen LogP contribution in [0.2, 0.25) is 0 Å². The van der Waals surface area contributed by atoms with Crippen molar-refractivity contribution in [2.75, 3.05) is 25.5 Å². The molecule has 1 amide bonds. The van der Waals surface area contributed by atoms with Crippen molar-refractivity contribution in [1.29, 1.82) is 0 Å². The van der Waals surface area contributed by atoms with Crippen LogP contribution in [0.15, 0.2) is 6.20 Å². The zero-order valence-corrected chi connectivity index (χ0v) is 15.6. The van der Waals surface area contributed by atoms with Gasteiger partial charge in [-0.25, -0.2) is 9.78 Å². The summed E-state index contributed by atoms with van der Waals surface area (Å²) in [7, 11) is 5.92. The van der Waals surface area contributed by atoms with Gasteiger partial charge in [-0.1, -0.05) is 0 Å². The van der Waals surface area contributed by atoms with Crippen molar-refractivity contribution in [2.24, 2.45) is 7.05 Å². The lowest BCUT2D eigenvalue weighted by molar-refractivity contribution is 0.0472. The number of nitrogens with zero attached hydrogens (tertiary/aromatic N) is 3. The molecule has 7 nitrogen and oxygen atoms in total. The predicted molar refractivity (Wildman–Crippen MR) is 92.7 cm³/mol. The van der Waals surface area contributed by atoms with E-state index in [0.717, 1.165) is 11.6 Å². The van der Waals surface area contributed by atoms with E-state index in [9.17, 15) is 4.79 Å². The Hall–Kier alpha value is -1.76. The summed E-state index contributed by atoms with van der Waals surface area (Å²) in [6.45, 7) is 10.8. The first kappa shape index (κ1) is 19.3. The van der Waals surface area contributed by atoms with Gasteiger partial charge in [0.05, 0.1) is 17.4 Å². The third-order valence-corrected chi connectivity index (χ3v) is 3.17. The van der Waals surface area contributed by atoms with Crippen LogP contribution >= 0.6 is 0 Å². The maximum atomic E-state index is 11.9. The lowest BCUT2D eigenvalue weighted by Gasteiger charge is -2.29. The van der Waals surface area contributed by atoms with Crippen LogP contribution in [0, 0.1) is 0 Å². The van der Waals surface area contributed by atoms with Crippen molar-refractivity contribution in [3.8, 4) is 0 Å². The highest BCUT2D eigenvalue weighted by atomic mass is 16.6. The molecule has 0 aliphatic heterocycles. The topological polar surface area (TPSA) is 71.4 Å². The lowest BCUT2D eigenvalue weighted by Crippen LogP contribution is -2.51. The third-order valence-electron chi connectivity index (χ3n) is 3.17. The van der Waals surface area contributed by atoms with E-state index in [0.29, 0.717) is 13.1 Å². The van der Waals surface area contributed by atoms with Gasteiger partial charge >= 0.3 is 6.09 Å². The Bertz CT molecular complexity index is 529. The summed E-state index contributed by atoms with van der Waals surface area (Å²) in [5.41, 5.74) is 0.178. The molecule has 0 bridgehead atoms. The molecule has 0 fully saturated rings. The van der Waals surface area contributed by atoms with Gasteiger partial charge in [-0.3, -0.25) is 0 Å². The SMILES string of the molecule is CN(C)c1ncc(CNCC(C)(C)NC(=O)OC(C)(C)C)n1C. The van der Waals surface area contributed by atoms with Crippen molar-refractivity contribution in [3.63, 3.8) is 0 Å². The molecule has 0 saturated carbocycles. The standard InChI is InChI=1S/C16H31N5O2/c1-15(2,3)23-14(22)19-16(4,5)11-17-9-12-10-18-13(20(6)7)21(12)8/h10,17H,9,11H2,1-8H3,(H,19,22). The molecule has 1 rings (SSSR count). The Labute approximate surface area is 139 Å². The Morgan fingerprint density at radius 1 is 1.30 bits per heavy atom. The Balaban J connectivity index is 2.49. The number of hydrogen-bond donors (Lipinski definition) is 2. The van der Waals surface area contributed by atoms with E-state index in [2.05, 4.69) is 15.6 Å². The number of rotatable bonds is 6. The van der Waals surface area contributed by atoms with E-state index >= 15 is 0 Å². The van der Waals surface area contributed by atoms with E-state index in [1.54, 1.807) is 0 Å². The molecule has 1 aromatic rings. The third kappa shape index (κ3) is 6.48. The summed E-state index contributed by atoms with van der Waals surface area (Å²) in [4.78, 5) is 18.2. The van der Waals surface area contributed by atoms with Crippen molar-refractivity contribution in [2.45, 2.75) is 52.3 Å². The first-order valence-electron chi connectivity index (χ1n) is 7.81. The first-order chi connectivity index (χ1) is 10.4. The normalized spacial score (nSPS) is 12.2. The Kier molecular flexibility index (Phi) is 6.04. The van der Waals surface area contributed by atoms with Gasteiger partial charge < -0.3 is 24.8 Å². The van der Waals surface area contributed by atoms with E-state index in [4.69, 9.17) is 4.74 Å². The molecule has 0 aliphatic carbocycles. The van der Waals surface area contributed by atoms with Crippen LogP contribution in [0.3, 0.4) is 0 Å². The number of amides is 1. The highest BCUT2D eigenvalue weighted by molar-refractivity contribution is 5.68. The van der Waals surface area contributed by atoms with E-state index in [-0.39, 0.29) is 0 Å². The van der Waals surface area contributed by atoms with Gasteiger partial charge in [-0.2, -0.15) is 0 Å². The summed E-state index contributed by atoms with van der Waals surface area (Å²) >= 11 is 0. The summed E-state index contributed by atoms with van der Waals surface area (Å²) in [6.07, 6.45) is 1.45. The predicted octanol–water partition coefficient (Wildman–Crippen LogP) is 1.88. The van der Waals surface area contributed by atoms with Crippen LogP contribution in [0.5, 0.6) is 0 Å². The highest BCUT2D eigenvalue weighted by Gasteiger charge is 2.24. The van der Waals surface area contributed by atoms with Gasteiger partial charge in [-0.05, 0) is 34.6 Å². The molecule has 0 radical (unpaired) electrons. The zero-order chi connectivity index (χ0) is 17.8. The average molecular weight is 325 g/mol. The minimum Gasteiger partial charge on any atom is -0.444 e. The van der Waals surface area contributed by atoms with Crippen molar-refractivity contribution < 1.29 is 9.53 Å². The largest absolute Gasteiger partial charge is 0.444 e. The zero-order valence-electron chi connectivity index (χ0n) is 15.6. The number of carbonyl (C=O) groups is 1. The van der Waals surface area contributed by atoms with Crippen LogP contribution < -0.4 is 15.5 Å². The number of ether oxygens (including phenoxy) is 1. The van der Waals surface area contributed by atoms with Crippen molar-refractivity contribution in [1.82, 2.24) is 20.2 Å². The Morgan fingerprint density at radius 2 is 1.91 bits per heavy atom. The van der Waals surface area contributed by atoms with Crippen LogP contribution in [0.1, 0.15) is 40.3 Å². The van der Waals surface area contributed by atoms with Gasteiger partial charge in [0.2, 0.25) is 5.95 Å². The maximum absolute atomic E-state index is 11.9. The van der Waals surface area contributed by atoms with Gasteiger partial charge in [0.25, 0.3) is 0 Å². The summed E-state index contributed by atoms with van der Waals surface area (Å²) < 4.78 is 7.33. The number of anilines is 1. The molecule has 1 heterocycles. The molecular formula is C16H31N5O2. The van der Waals surface area contributed by atoms with Crippen LogP contribution in [0.4, 0.5) is 10.7 Å². The second kappa shape index (κ2) is 7.21. The second-order valence-electron chi connectivity index (χ2n) is 7.62. The van der Waals surface area contributed by atoms with Gasteiger partial charge in [0.1, 0.15) is 5.60 Å². The van der Waals surface area contributed by atoms with E-state index < -0.39 is 17.2 Å². The quantitative estimate of drug-likeness (QED) is 0.835. The summed E-state index contributed by atoms with van der Waals surface area (Å²) in [6, 6.07) is 0. The Morgan fingerprint density at radius 3 is 2.39 bits per heavy atom. The number of imidazole rings is 1. The molecule has 0 unspecified atom stereocenters. The second-order valence-corrected chi connectivity index (χ2v) is 7.62. The first-order valence-corrected chi connectivity index (χ1v) is 7.81.